The number of rotatable bonds is 4. The van der Waals surface area contributed by atoms with Crippen LogP contribution in [0.1, 0.15) is 25.8 Å². The van der Waals surface area contributed by atoms with Gasteiger partial charge in [-0.1, -0.05) is 12.1 Å². The quantitative estimate of drug-likeness (QED) is 0.736. The Balaban J connectivity index is 1.95. The smallest absolute Gasteiger partial charge is 0.260 e. The zero-order chi connectivity index (χ0) is 15.8. The molecule has 4 nitrogen and oxygen atoms in total. The fourth-order valence-electron chi connectivity index (χ4n) is 2.96. The minimum absolute atomic E-state index is 0.0346. The van der Waals surface area contributed by atoms with E-state index in [1.165, 1.54) is 0 Å². The van der Waals surface area contributed by atoms with Crippen molar-refractivity contribution in [1.82, 2.24) is 9.55 Å². The molecule has 3 aromatic rings. The van der Waals surface area contributed by atoms with E-state index >= 15 is 0 Å². The topological polar surface area (TPSA) is 44.1 Å². The lowest BCUT2D eigenvalue weighted by molar-refractivity contribution is 0.340. The van der Waals surface area contributed by atoms with E-state index in [0.29, 0.717) is 12.2 Å². The fourth-order valence-corrected chi connectivity index (χ4v) is 2.96. The Bertz CT molecular complexity index is 926. The predicted octanol–water partition coefficient (Wildman–Crippen LogP) is 3.80. The Morgan fingerprint density at radius 3 is 2.87 bits per heavy atom. The van der Waals surface area contributed by atoms with Gasteiger partial charge in [-0.3, -0.25) is 9.36 Å². The van der Waals surface area contributed by atoms with Gasteiger partial charge >= 0.3 is 0 Å². The summed E-state index contributed by atoms with van der Waals surface area (Å²) >= 11 is 0. The van der Waals surface area contributed by atoms with Gasteiger partial charge in [-0.15, -0.1) is 0 Å². The second-order valence-electron chi connectivity index (χ2n) is 5.84. The summed E-state index contributed by atoms with van der Waals surface area (Å²) in [7, 11) is 0. The number of aromatic nitrogens is 2. The summed E-state index contributed by atoms with van der Waals surface area (Å²) in [6.07, 6.45) is 3.85. The highest BCUT2D eigenvalue weighted by Gasteiger charge is 2.27. The average Bonchev–Trinajstić information content (AvgIpc) is 3.39. The summed E-state index contributed by atoms with van der Waals surface area (Å²) in [5, 5.41) is 0.996. The molecule has 0 radical (unpaired) electrons. The Morgan fingerprint density at radius 2 is 2.09 bits per heavy atom. The van der Waals surface area contributed by atoms with Crippen LogP contribution in [0.3, 0.4) is 0 Å². The Kier molecular flexibility index (Phi) is 3.37. The SMILES string of the molecule is CCOc1cccc(-c2cc3cccnc3n(C3CC3)c2=O)c1. The van der Waals surface area contributed by atoms with Gasteiger partial charge in [0, 0.05) is 23.2 Å². The first-order chi connectivity index (χ1) is 11.3. The van der Waals surface area contributed by atoms with Gasteiger partial charge in [-0.2, -0.15) is 0 Å². The maximum atomic E-state index is 13.0. The van der Waals surface area contributed by atoms with Crippen LogP contribution >= 0.6 is 0 Å². The van der Waals surface area contributed by atoms with E-state index in [-0.39, 0.29) is 11.6 Å². The van der Waals surface area contributed by atoms with Gasteiger partial charge in [0.15, 0.2) is 0 Å². The third-order valence-corrected chi connectivity index (χ3v) is 4.16. The zero-order valence-corrected chi connectivity index (χ0v) is 13.0. The molecule has 0 unspecified atom stereocenters. The van der Waals surface area contributed by atoms with Crippen molar-refractivity contribution in [3.8, 4) is 16.9 Å². The van der Waals surface area contributed by atoms with E-state index in [1.54, 1.807) is 6.20 Å². The minimum atomic E-state index is 0.0346. The van der Waals surface area contributed by atoms with Crippen molar-refractivity contribution in [3.05, 3.63) is 59.0 Å². The lowest BCUT2D eigenvalue weighted by atomic mass is 10.1. The van der Waals surface area contributed by atoms with E-state index < -0.39 is 0 Å². The molecule has 2 aromatic heterocycles. The first-order valence-corrected chi connectivity index (χ1v) is 8.01. The lowest BCUT2D eigenvalue weighted by Gasteiger charge is -2.12. The molecular formula is C19H18N2O2. The first kappa shape index (κ1) is 14.0. The number of fused-ring (bicyclic) bond motifs is 1. The van der Waals surface area contributed by atoms with Crippen LogP contribution < -0.4 is 10.3 Å². The van der Waals surface area contributed by atoms with Gasteiger partial charge in [0.1, 0.15) is 11.4 Å². The summed E-state index contributed by atoms with van der Waals surface area (Å²) in [6, 6.07) is 13.9. The number of benzene rings is 1. The average molecular weight is 306 g/mol. The highest BCUT2D eigenvalue weighted by Crippen LogP contribution is 2.36. The normalized spacial score (nSPS) is 14.1. The molecule has 1 saturated carbocycles. The first-order valence-electron chi connectivity index (χ1n) is 8.01. The van der Waals surface area contributed by atoms with Gasteiger partial charge < -0.3 is 4.74 Å². The summed E-state index contributed by atoms with van der Waals surface area (Å²) in [5.41, 5.74) is 2.41. The molecular weight excluding hydrogens is 288 g/mol. The van der Waals surface area contributed by atoms with Gasteiger partial charge in [0.25, 0.3) is 5.56 Å². The molecule has 1 aromatic carbocycles. The summed E-state index contributed by atoms with van der Waals surface area (Å²) in [4.78, 5) is 17.4. The molecule has 0 saturated heterocycles. The molecule has 0 aliphatic heterocycles. The van der Waals surface area contributed by atoms with Gasteiger partial charge in [0.05, 0.1) is 6.61 Å². The van der Waals surface area contributed by atoms with Crippen LogP contribution in [0.2, 0.25) is 0 Å². The van der Waals surface area contributed by atoms with Gasteiger partial charge in [0.2, 0.25) is 0 Å². The molecule has 0 atom stereocenters. The third-order valence-electron chi connectivity index (χ3n) is 4.16. The van der Waals surface area contributed by atoms with Crippen LogP contribution in [0, 0.1) is 0 Å². The van der Waals surface area contributed by atoms with Crippen molar-refractivity contribution >= 4 is 11.0 Å². The number of hydrogen-bond donors (Lipinski definition) is 0. The van der Waals surface area contributed by atoms with Crippen LogP contribution in [-0.2, 0) is 0 Å². The second-order valence-corrected chi connectivity index (χ2v) is 5.84. The van der Waals surface area contributed by atoms with Crippen LogP contribution in [0.5, 0.6) is 5.75 Å². The minimum Gasteiger partial charge on any atom is -0.494 e. The monoisotopic (exact) mass is 306 g/mol. The lowest BCUT2D eigenvalue weighted by Crippen LogP contribution is -2.21. The van der Waals surface area contributed by atoms with Crippen LogP contribution in [-0.4, -0.2) is 16.2 Å². The largest absolute Gasteiger partial charge is 0.494 e. The van der Waals surface area contributed by atoms with Crippen LogP contribution in [0.15, 0.2) is 53.5 Å². The maximum absolute atomic E-state index is 13.0. The molecule has 1 aliphatic rings. The van der Waals surface area contributed by atoms with Crippen molar-refractivity contribution < 1.29 is 4.74 Å². The highest BCUT2D eigenvalue weighted by molar-refractivity contribution is 5.81. The molecule has 2 heterocycles. The molecule has 4 heteroatoms. The van der Waals surface area contributed by atoms with E-state index in [9.17, 15) is 4.79 Å². The summed E-state index contributed by atoms with van der Waals surface area (Å²) < 4.78 is 7.42. The number of pyridine rings is 2. The van der Waals surface area contributed by atoms with Crippen molar-refractivity contribution in [2.45, 2.75) is 25.8 Å². The standard InChI is InChI=1S/C19H18N2O2/c1-2-23-16-7-3-5-13(11-16)17-12-14-6-4-10-20-18(14)21(19(17)22)15-8-9-15/h3-7,10-12,15H,2,8-9H2,1H3. The van der Waals surface area contributed by atoms with E-state index in [4.69, 9.17) is 4.74 Å². The Morgan fingerprint density at radius 1 is 1.22 bits per heavy atom. The molecule has 1 aliphatic carbocycles. The Labute approximate surface area is 134 Å². The van der Waals surface area contributed by atoms with Crippen molar-refractivity contribution in [2.24, 2.45) is 0 Å². The fraction of sp³-hybridized carbons (Fsp3) is 0.263. The molecule has 0 bridgehead atoms. The maximum Gasteiger partial charge on any atom is 0.260 e. The summed E-state index contributed by atoms with van der Waals surface area (Å²) in [6.45, 7) is 2.56. The number of hydrogen-bond acceptors (Lipinski definition) is 3. The van der Waals surface area contributed by atoms with Crippen LogP contribution in [0.25, 0.3) is 22.2 Å². The molecule has 0 N–H and O–H groups in total. The number of nitrogens with zero attached hydrogens (tertiary/aromatic N) is 2. The van der Waals surface area contributed by atoms with Gasteiger partial charge in [-0.25, -0.2) is 4.98 Å². The predicted molar refractivity (Wildman–Crippen MR) is 90.9 cm³/mol. The molecule has 0 amide bonds. The molecule has 1 fully saturated rings. The van der Waals surface area contributed by atoms with Gasteiger partial charge in [-0.05, 0) is 55.7 Å². The van der Waals surface area contributed by atoms with Crippen molar-refractivity contribution in [1.29, 1.82) is 0 Å². The molecule has 23 heavy (non-hydrogen) atoms. The molecule has 116 valence electrons. The van der Waals surface area contributed by atoms with E-state index in [1.807, 2.05) is 54.0 Å². The van der Waals surface area contributed by atoms with Crippen molar-refractivity contribution in [2.75, 3.05) is 6.61 Å². The van der Waals surface area contributed by atoms with Crippen molar-refractivity contribution in [3.63, 3.8) is 0 Å². The molecule has 4 rings (SSSR count). The van der Waals surface area contributed by atoms with Crippen LogP contribution in [0.4, 0.5) is 0 Å². The number of ether oxygens (including phenoxy) is 1. The zero-order valence-electron chi connectivity index (χ0n) is 13.0. The Hall–Kier alpha value is -2.62. The highest BCUT2D eigenvalue weighted by atomic mass is 16.5. The van der Waals surface area contributed by atoms with E-state index in [0.717, 1.165) is 35.2 Å². The second kappa shape index (κ2) is 5.54. The molecule has 0 spiro atoms. The third kappa shape index (κ3) is 2.50. The van der Waals surface area contributed by atoms with E-state index in [2.05, 4.69) is 4.98 Å². The summed E-state index contributed by atoms with van der Waals surface area (Å²) in [5.74, 6) is 0.786.